The van der Waals surface area contributed by atoms with E-state index in [1.165, 1.54) is 19.3 Å². The van der Waals surface area contributed by atoms with E-state index in [9.17, 15) is 9.59 Å². The van der Waals surface area contributed by atoms with Crippen LogP contribution in [0, 0.1) is 5.92 Å². The van der Waals surface area contributed by atoms with Gasteiger partial charge in [-0.15, -0.1) is 0 Å². The van der Waals surface area contributed by atoms with Crippen molar-refractivity contribution in [3.63, 3.8) is 0 Å². The summed E-state index contributed by atoms with van der Waals surface area (Å²) in [6.45, 7) is 1.33. The lowest BCUT2D eigenvalue weighted by molar-refractivity contribution is -0.143. The van der Waals surface area contributed by atoms with Crippen molar-refractivity contribution >= 4 is 12.0 Å². The number of ether oxygens (including phenoxy) is 1. The average molecular weight is 360 g/mol. The van der Waals surface area contributed by atoms with Crippen LogP contribution in [0.15, 0.2) is 24.3 Å². The second kappa shape index (κ2) is 8.92. The van der Waals surface area contributed by atoms with Crippen LogP contribution in [0.25, 0.3) is 0 Å². The standard InChI is InChI=1S/C20H28N2O4/c23-19(24)16-5-4-12-22(14-16)20(25)21-13-15-8-10-18(11-9-15)26-17-6-2-1-3-7-17/h8-11,16-17H,1-7,12-14H2,(H,21,25)(H,23,24). The minimum Gasteiger partial charge on any atom is -0.490 e. The zero-order valence-electron chi connectivity index (χ0n) is 15.2. The third-order valence-corrected chi connectivity index (χ3v) is 5.28. The summed E-state index contributed by atoms with van der Waals surface area (Å²) in [6.07, 6.45) is 7.76. The summed E-state index contributed by atoms with van der Waals surface area (Å²) in [5.41, 5.74) is 1.00. The number of carboxylic acid groups (broad SMARTS) is 1. The van der Waals surface area contributed by atoms with Crippen molar-refractivity contribution in [3.8, 4) is 5.75 Å². The summed E-state index contributed by atoms with van der Waals surface area (Å²) < 4.78 is 6.01. The maximum atomic E-state index is 12.3. The molecule has 0 aromatic heterocycles. The Kier molecular flexibility index (Phi) is 6.36. The molecule has 1 atom stereocenters. The Hall–Kier alpha value is -2.24. The van der Waals surface area contributed by atoms with Gasteiger partial charge in [-0.1, -0.05) is 18.6 Å². The highest BCUT2D eigenvalue weighted by atomic mass is 16.5. The van der Waals surface area contributed by atoms with Crippen molar-refractivity contribution in [1.82, 2.24) is 10.2 Å². The van der Waals surface area contributed by atoms with Crippen LogP contribution < -0.4 is 10.1 Å². The predicted molar refractivity (Wildman–Crippen MR) is 98.1 cm³/mol. The van der Waals surface area contributed by atoms with Crippen molar-refractivity contribution in [1.29, 1.82) is 0 Å². The molecular weight excluding hydrogens is 332 g/mol. The lowest BCUT2D eigenvalue weighted by Gasteiger charge is -2.30. The number of nitrogens with zero attached hydrogens (tertiary/aromatic N) is 1. The molecule has 0 spiro atoms. The number of urea groups is 1. The molecule has 1 aliphatic heterocycles. The van der Waals surface area contributed by atoms with Gasteiger partial charge < -0.3 is 20.1 Å². The van der Waals surface area contributed by atoms with Crippen LogP contribution in [0.5, 0.6) is 5.75 Å². The van der Waals surface area contributed by atoms with Gasteiger partial charge in [0.25, 0.3) is 0 Å². The largest absolute Gasteiger partial charge is 0.490 e. The van der Waals surface area contributed by atoms with Crippen LogP contribution in [-0.2, 0) is 11.3 Å². The van der Waals surface area contributed by atoms with Gasteiger partial charge in [-0.3, -0.25) is 4.79 Å². The maximum absolute atomic E-state index is 12.3. The summed E-state index contributed by atoms with van der Waals surface area (Å²) >= 11 is 0. The lowest BCUT2D eigenvalue weighted by atomic mass is 9.98. The molecule has 2 N–H and O–H groups in total. The number of rotatable bonds is 5. The van der Waals surface area contributed by atoms with Gasteiger partial charge in [-0.05, 0) is 56.2 Å². The van der Waals surface area contributed by atoms with E-state index in [-0.39, 0.29) is 12.6 Å². The first-order valence-corrected chi connectivity index (χ1v) is 9.63. The van der Waals surface area contributed by atoms with Crippen molar-refractivity contribution in [2.24, 2.45) is 5.92 Å². The van der Waals surface area contributed by atoms with Crippen LogP contribution in [-0.4, -0.2) is 41.2 Å². The summed E-state index contributed by atoms with van der Waals surface area (Å²) in [4.78, 5) is 25.0. The van der Waals surface area contributed by atoms with Gasteiger partial charge in [0.1, 0.15) is 5.75 Å². The first-order chi connectivity index (χ1) is 12.6. The van der Waals surface area contributed by atoms with E-state index in [1.807, 2.05) is 24.3 Å². The van der Waals surface area contributed by atoms with Crippen molar-refractivity contribution in [2.75, 3.05) is 13.1 Å². The van der Waals surface area contributed by atoms with E-state index in [0.717, 1.165) is 30.6 Å². The van der Waals surface area contributed by atoms with Crippen molar-refractivity contribution in [2.45, 2.75) is 57.6 Å². The SMILES string of the molecule is O=C(O)C1CCCN(C(=O)NCc2ccc(OC3CCCCC3)cc2)C1. The molecule has 1 unspecified atom stereocenters. The molecule has 0 radical (unpaired) electrons. The van der Waals surface area contributed by atoms with Gasteiger partial charge >= 0.3 is 12.0 Å². The number of piperidine rings is 1. The number of hydrogen-bond acceptors (Lipinski definition) is 3. The highest BCUT2D eigenvalue weighted by molar-refractivity contribution is 5.76. The minimum absolute atomic E-state index is 0.196. The second-order valence-corrected chi connectivity index (χ2v) is 7.30. The van der Waals surface area contributed by atoms with E-state index in [4.69, 9.17) is 9.84 Å². The van der Waals surface area contributed by atoms with Gasteiger partial charge in [-0.2, -0.15) is 0 Å². The fourth-order valence-electron chi connectivity index (χ4n) is 3.71. The molecule has 26 heavy (non-hydrogen) atoms. The molecular formula is C20H28N2O4. The molecule has 3 rings (SSSR count). The summed E-state index contributed by atoms with van der Waals surface area (Å²) in [7, 11) is 0. The van der Waals surface area contributed by atoms with Gasteiger partial charge in [0.15, 0.2) is 0 Å². The molecule has 1 saturated heterocycles. The highest BCUT2D eigenvalue weighted by Gasteiger charge is 2.27. The Morgan fingerprint density at radius 1 is 1.08 bits per heavy atom. The molecule has 1 aliphatic carbocycles. The number of aliphatic carboxylic acids is 1. The Labute approximate surface area is 154 Å². The Bertz CT molecular complexity index is 611. The van der Waals surface area contributed by atoms with E-state index in [2.05, 4.69) is 5.32 Å². The van der Waals surface area contributed by atoms with Crippen LogP contribution >= 0.6 is 0 Å². The fraction of sp³-hybridized carbons (Fsp3) is 0.600. The number of amides is 2. The van der Waals surface area contributed by atoms with E-state index >= 15 is 0 Å². The smallest absolute Gasteiger partial charge is 0.317 e. The summed E-state index contributed by atoms with van der Waals surface area (Å²) in [6, 6.07) is 7.65. The maximum Gasteiger partial charge on any atom is 0.317 e. The number of carboxylic acids is 1. The van der Waals surface area contributed by atoms with E-state index in [0.29, 0.717) is 25.6 Å². The van der Waals surface area contributed by atoms with Crippen LogP contribution in [0.4, 0.5) is 4.79 Å². The quantitative estimate of drug-likeness (QED) is 0.843. The van der Waals surface area contributed by atoms with E-state index in [1.54, 1.807) is 4.90 Å². The molecule has 1 aromatic rings. The molecule has 2 aliphatic rings. The third-order valence-electron chi connectivity index (χ3n) is 5.28. The zero-order valence-corrected chi connectivity index (χ0v) is 15.2. The number of likely N-dealkylation sites (tertiary alicyclic amines) is 1. The van der Waals surface area contributed by atoms with Crippen LogP contribution in [0.2, 0.25) is 0 Å². The Morgan fingerprint density at radius 2 is 1.81 bits per heavy atom. The normalized spacial score (nSPS) is 21.2. The summed E-state index contributed by atoms with van der Waals surface area (Å²) in [5.74, 6) is -0.394. The molecule has 2 amide bonds. The van der Waals surface area contributed by atoms with Crippen LogP contribution in [0.3, 0.4) is 0 Å². The van der Waals surface area contributed by atoms with Crippen LogP contribution in [0.1, 0.15) is 50.5 Å². The van der Waals surface area contributed by atoms with Gasteiger partial charge in [-0.25, -0.2) is 4.79 Å². The predicted octanol–water partition coefficient (Wildman–Crippen LogP) is 3.40. The molecule has 0 bridgehead atoms. The average Bonchev–Trinajstić information content (AvgIpc) is 2.68. The zero-order chi connectivity index (χ0) is 18.4. The molecule has 1 heterocycles. The molecule has 6 heteroatoms. The minimum atomic E-state index is -0.823. The molecule has 142 valence electrons. The van der Waals surface area contributed by atoms with Crippen molar-refractivity contribution in [3.05, 3.63) is 29.8 Å². The fourth-order valence-corrected chi connectivity index (χ4v) is 3.71. The second-order valence-electron chi connectivity index (χ2n) is 7.30. The van der Waals surface area contributed by atoms with Gasteiger partial charge in [0, 0.05) is 19.6 Å². The first kappa shape index (κ1) is 18.5. The van der Waals surface area contributed by atoms with Gasteiger partial charge in [0.05, 0.1) is 12.0 Å². The number of nitrogens with one attached hydrogen (secondary N) is 1. The molecule has 1 aromatic carbocycles. The van der Waals surface area contributed by atoms with Crippen molar-refractivity contribution < 1.29 is 19.4 Å². The molecule has 6 nitrogen and oxygen atoms in total. The summed E-state index contributed by atoms with van der Waals surface area (Å²) in [5, 5.41) is 12.0. The van der Waals surface area contributed by atoms with Gasteiger partial charge in [0.2, 0.25) is 0 Å². The molecule has 2 fully saturated rings. The topological polar surface area (TPSA) is 78.9 Å². The number of hydrogen-bond donors (Lipinski definition) is 2. The molecule has 1 saturated carbocycles. The number of carbonyl (C=O) groups excluding carboxylic acids is 1. The van der Waals surface area contributed by atoms with E-state index < -0.39 is 11.9 Å². The Morgan fingerprint density at radius 3 is 2.50 bits per heavy atom. The number of carbonyl (C=O) groups is 2. The highest BCUT2D eigenvalue weighted by Crippen LogP contribution is 2.23. The lowest BCUT2D eigenvalue weighted by Crippen LogP contribution is -2.46. The number of benzene rings is 1. The monoisotopic (exact) mass is 360 g/mol. The first-order valence-electron chi connectivity index (χ1n) is 9.63. The third kappa shape index (κ3) is 5.13. The Balaban J connectivity index is 1.45.